The number of hydrogen-bond acceptors (Lipinski definition) is 3. The molecular weight excluding hydrogens is 315 g/mol. The smallest absolute Gasteiger partial charge is 0.416 e. The third-order valence-electron chi connectivity index (χ3n) is 2.96. The van der Waals surface area contributed by atoms with Crippen molar-refractivity contribution >= 4 is 17.6 Å². The molecule has 0 fully saturated rings. The van der Waals surface area contributed by atoms with E-state index in [4.69, 9.17) is 5.11 Å². The van der Waals surface area contributed by atoms with Crippen molar-refractivity contribution in [1.29, 1.82) is 0 Å². The Hall–Kier alpha value is -3.03. The lowest BCUT2D eigenvalue weighted by Gasteiger charge is -2.09. The Labute approximate surface area is 128 Å². The number of hydrogen-bond donors (Lipinski definition) is 3. The molecule has 120 valence electrons. The Morgan fingerprint density at radius 3 is 2.09 bits per heavy atom. The van der Waals surface area contributed by atoms with E-state index in [1.165, 1.54) is 6.07 Å². The summed E-state index contributed by atoms with van der Waals surface area (Å²) >= 11 is 0. The number of rotatable bonds is 3. The number of phenols is 1. The lowest BCUT2D eigenvalue weighted by molar-refractivity contribution is -0.137. The van der Waals surface area contributed by atoms with Crippen molar-refractivity contribution in [3.63, 3.8) is 0 Å². The van der Waals surface area contributed by atoms with Crippen LogP contribution in [0.15, 0.2) is 42.5 Å². The van der Waals surface area contributed by atoms with Crippen molar-refractivity contribution in [2.75, 3.05) is 5.32 Å². The number of carbonyl (C=O) groups is 2. The molecule has 0 heterocycles. The summed E-state index contributed by atoms with van der Waals surface area (Å²) in [4.78, 5) is 22.7. The molecule has 0 radical (unpaired) electrons. The summed E-state index contributed by atoms with van der Waals surface area (Å²) in [5.41, 5.74) is -1.12. The quantitative estimate of drug-likeness (QED) is 0.807. The second kappa shape index (κ2) is 5.99. The van der Waals surface area contributed by atoms with Gasteiger partial charge in [0.2, 0.25) is 0 Å². The van der Waals surface area contributed by atoms with E-state index in [-0.39, 0.29) is 16.8 Å². The van der Waals surface area contributed by atoms with E-state index in [1.54, 1.807) is 0 Å². The first-order valence-corrected chi connectivity index (χ1v) is 6.23. The number of carbonyl (C=O) groups excluding carboxylic acids is 1. The minimum absolute atomic E-state index is 0.0141. The van der Waals surface area contributed by atoms with Crippen molar-refractivity contribution in [3.05, 3.63) is 59.2 Å². The predicted molar refractivity (Wildman–Crippen MR) is 74.5 cm³/mol. The molecule has 0 saturated heterocycles. The van der Waals surface area contributed by atoms with Gasteiger partial charge in [0.15, 0.2) is 0 Å². The third kappa shape index (κ3) is 3.79. The molecule has 2 aromatic carbocycles. The first-order chi connectivity index (χ1) is 10.7. The number of nitrogens with one attached hydrogen (secondary N) is 1. The van der Waals surface area contributed by atoms with Gasteiger partial charge in [-0.1, -0.05) is 0 Å². The predicted octanol–water partition coefficient (Wildman–Crippen LogP) is 3.36. The number of aromatic carboxylic acids is 1. The third-order valence-corrected chi connectivity index (χ3v) is 2.96. The van der Waals surface area contributed by atoms with Crippen LogP contribution in [0, 0.1) is 0 Å². The number of benzene rings is 2. The average Bonchev–Trinajstić information content (AvgIpc) is 2.46. The van der Waals surface area contributed by atoms with Crippen LogP contribution >= 0.6 is 0 Å². The lowest BCUT2D eigenvalue weighted by atomic mass is 10.1. The van der Waals surface area contributed by atoms with Gasteiger partial charge in [-0.2, -0.15) is 13.2 Å². The summed E-state index contributed by atoms with van der Waals surface area (Å²) in [6, 6.07) is 6.98. The van der Waals surface area contributed by atoms with E-state index in [1.807, 2.05) is 0 Å². The minimum Gasteiger partial charge on any atom is -0.507 e. The number of carboxylic acids is 1. The van der Waals surface area contributed by atoms with E-state index < -0.39 is 29.4 Å². The standard InChI is InChI=1S/C15H10F3NO4/c16-15(17,18)9-3-1-8(2-4-9)13(21)19-10-5-6-11(14(22)23)12(20)7-10/h1-7,20H,(H,19,21)(H,22,23). The number of amides is 1. The molecule has 0 aliphatic rings. The summed E-state index contributed by atoms with van der Waals surface area (Å²) in [6.45, 7) is 0. The van der Waals surface area contributed by atoms with Crippen LogP contribution in [-0.4, -0.2) is 22.1 Å². The summed E-state index contributed by atoms with van der Waals surface area (Å²) in [6.07, 6.45) is -4.49. The number of aromatic hydroxyl groups is 1. The van der Waals surface area contributed by atoms with Crippen LogP contribution in [-0.2, 0) is 6.18 Å². The van der Waals surface area contributed by atoms with Crippen molar-refractivity contribution in [3.8, 4) is 5.75 Å². The molecule has 23 heavy (non-hydrogen) atoms. The van der Waals surface area contributed by atoms with Gasteiger partial charge in [0.1, 0.15) is 11.3 Å². The number of anilines is 1. The maximum Gasteiger partial charge on any atom is 0.416 e. The molecular formula is C15H10F3NO4. The Morgan fingerprint density at radius 1 is 1.00 bits per heavy atom. The van der Waals surface area contributed by atoms with Crippen molar-refractivity contribution < 1.29 is 33.0 Å². The molecule has 0 saturated carbocycles. The highest BCUT2D eigenvalue weighted by molar-refractivity contribution is 6.04. The molecule has 8 heteroatoms. The maximum absolute atomic E-state index is 12.4. The Morgan fingerprint density at radius 2 is 1.61 bits per heavy atom. The van der Waals surface area contributed by atoms with E-state index in [0.29, 0.717) is 0 Å². The summed E-state index contributed by atoms with van der Waals surface area (Å²) in [7, 11) is 0. The van der Waals surface area contributed by atoms with Gasteiger partial charge in [0, 0.05) is 17.3 Å². The zero-order valence-corrected chi connectivity index (χ0v) is 11.4. The Kier molecular flexibility index (Phi) is 4.26. The van der Waals surface area contributed by atoms with Crippen LogP contribution in [0.1, 0.15) is 26.3 Å². The molecule has 2 aromatic rings. The van der Waals surface area contributed by atoms with E-state index in [2.05, 4.69) is 5.32 Å². The minimum atomic E-state index is -4.49. The van der Waals surface area contributed by atoms with Gasteiger partial charge in [-0.3, -0.25) is 4.79 Å². The average molecular weight is 325 g/mol. The molecule has 0 aliphatic heterocycles. The SMILES string of the molecule is O=C(Nc1ccc(C(=O)O)c(O)c1)c1ccc(C(F)(F)F)cc1. The highest BCUT2D eigenvalue weighted by Gasteiger charge is 2.30. The van der Waals surface area contributed by atoms with Gasteiger partial charge in [-0.25, -0.2) is 4.79 Å². The van der Waals surface area contributed by atoms with E-state index in [9.17, 15) is 27.9 Å². The molecule has 0 aliphatic carbocycles. The fraction of sp³-hybridized carbons (Fsp3) is 0.0667. The van der Waals surface area contributed by atoms with Gasteiger partial charge in [-0.15, -0.1) is 0 Å². The van der Waals surface area contributed by atoms with Gasteiger partial charge >= 0.3 is 12.1 Å². The van der Waals surface area contributed by atoms with Gasteiger partial charge in [-0.05, 0) is 36.4 Å². The zero-order valence-electron chi connectivity index (χ0n) is 11.4. The highest BCUT2D eigenvalue weighted by Crippen LogP contribution is 2.29. The van der Waals surface area contributed by atoms with Crippen LogP contribution in [0.3, 0.4) is 0 Å². The zero-order chi connectivity index (χ0) is 17.2. The van der Waals surface area contributed by atoms with Crippen molar-refractivity contribution in [1.82, 2.24) is 0 Å². The number of alkyl halides is 3. The normalized spacial score (nSPS) is 11.1. The Balaban J connectivity index is 2.16. The van der Waals surface area contributed by atoms with Crippen LogP contribution < -0.4 is 5.32 Å². The first kappa shape index (κ1) is 16.3. The summed E-state index contributed by atoms with van der Waals surface area (Å²) in [5.74, 6) is -2.56. The monoisotopic (exact) mass is 325 g/mol. The van der Waals surface area contributed by atoms with Crippen LogP contribution in [0.4, 0.5) is 18.9 Å². The first-order valence-electron chi connectivity index (χ1n) is 6.23. The molecule has 0 unspecified atom stereocenters. The highest BCUT2D eigenvalue weighted by atomic mass is 19.4. The molecule has 0 atom stereocenters. The molecule has 0 aromatic heterocycles. The summed E-state index contributed by atoms with van der Waals surface area (Å²) in [5, 5.41) is 20.6. The van der Waals surface area contributed by atoms with Gasteiger partial charge in [0.25, 0.3) is 5.91 Å². The van der Waals surface area contributed by atoms with Gasteiger partial charge < -0.3 is 15.5 Å². The van der Waals surface area contributed by atoms with Crippen molar-refractivity contribution in [2.45, 2.75) is 6.18 Å². The summed E-state index contributed by atoms with van der Waals surface area (Å²) < 4.78 is 37.3. The topological polar surface area (TPSA) is 86.6 Å². The van der Waals surface area contributed by atoms with Crippen LogP contribution in [0.2, 0.25) is 0 Å². The molecule has 0 spiro atoms. The fourth-order valence-electron chi connectivity index (χ4n) is 1.80. The largest absolute Gasteiger partial charge is 0.507 e. The van der Waals surface area contributed by atoms with Crippen molar-refractivity contribution in [2.24, 2.45) is 0 Å². The van der Waals surface area contributed by atoms with E-state index in [0.717, 1.165) is 36.4 Å². The number of carboxylic acid groups (broad SMARTS) is 1. The second-order valence-electron chi connectivity index (χ2n) is 4.57. The molecule has 3 N–H and O–H groups in total. The molecule has 5 nitrogen and oxygen atoms in total. The number of halogens is 3. The second-order valence-corrected chi connectivity index (χ2v) is 4.57. The van der Waals surface area contributed by atoms with Crippen LogP contribution in [0.5, 0.6) is 5.75 Å². The molecule has 1 amide bonds. The Bertz CT molecular complexity index is 754. The molecule has 2 rings (SSSR count). The van der Waals surface area contributed by atoms with Crippen LogP contribution in [0.25, 0.3) is 0 Å². The van der Waals surface area contributed by atoms with Gasteiger partial charge in [0.05, 0.1) is 5.56 Å². The lowest BCUT2D eigenvalue weighted by Crippen LogP contribution is -2.13. The fourth-order valence-corrected chi connectivity index (χ4v) is 1.80. The molecule has 0 bridgehead atoms. The van der Waals surface area contributed by atoms with E-state index >= 15 is 0 Å². The maximum atomic E-state index is 12.4.